The van der Waals surface area contributed by atoms with Crippen LogP contribution in [0.25, 0.3) is 5.65 Å². The third-order valence-electron chi connectivity index (χ3n) is 7.52. The van der Waals surface area contributed by atoms with Gasteiger partial charge in [0.05, 0.1) is 11.7 Å². The van der Waals surface area contributed by atoms with E-state index < -0.39 is 23.3 Å². The molecule has 0 aromatic carbocycles. The number of aliphatic hydroxyl groups is 1. The Labute approximate surface area is 192 Å². The van der Waals surface area contributed by atoms with Crippen molar-refractivity contribution in [3.8, 4) is 0 Å². The lowest BCUT2D eigenvalue weighted by atomic mass is 10.1. The first-order valence-electron chi connectivity index (χ1n) is 11.2. The maximum Gasteiger partial charge on any atom is 0.419 e. The van der Waals surface area contributed by atoms with Gasteiger partial charge in [-0.25, -0.2) is 4.98 Å². The van der Waals surface area contributed by atoms with Crippen molar-refractivity contribution in [1.82, 2.24) is 19.2 Å². The first-order valence-corrected chi connectivity index (χ1v) is 11.6. The molecular weight excluding hydrogens is 461 g/mol. The predicted octanol–water partition coefficient (Wildman–Crippen LogP) is 2.94. The highest BCUT2D eigenvalue weighted by Crippen LogP contribution is 2.55. The molecule has 3 aliphatic carbocycles. The molecule has 2 atom stereocenters. The largest absolute Gasteiger partial charge is 0.419 e. The van der Waals surface area contributed by atoms with Crippen molar-refractivity contribution in [1.29, 1.82) is 0 Å². The Morgan fingerprint density at radius 3 is 2.48 bits per heavy atom. The van der Waals surface area contributed by atoms with Gasteiger partial charge in [0, 0.05) is 25.3 Å². The average molecular weight is 483 g/mol. The summed E-state index contributed by atoms with van der Waals surface area (Å²) in [6, 6.07) is 1.21. The van der Waals surface area contributed by atoms with E-state index in [0.29, 0.717) is 36.8 Å². The highest BCUT2D eigenvalue weighted by atomic mass is 35.5. The van der Waals surface area contributed by atoms with E-state index in [4.69, 9.17) is 11.6 Å². The Kier molecular flexibility index (Phi) is 4.56. The average Bonchev–Trinajstić information content (AvgIpc) is 3.65. The molecule has 4 fully saturated rings. The monoisotopic (exact) mass is 482 g/mol. The second kappa shape index (κ2) is 7.09. The zero-order chi connectivity index (χ0) is 23.2. The van der Waals surface area contributed by atoms with E-state index in [1.54, 1.807) is 4.90 Å². The first-order chi connectivity index (χ1) is 15.6. The number of carbonyl (C=O) groups is 2. The van der Waals surface area contributed by atoms with Crippen LogP contribution in [0.5, 0.6) is 0 Å². The molecule has 2 amide bonds. The number of aliphatic hydroxyl groups excluding tert-OH is 1. The molecule has 7 nitrogen and oxygen atoms in total. The molecule has 2 unspecified atom stereocenters. The molecule has 11 heteroatoms. The number of rotatable bonds is 3. The second-order valence-electron chi connectivity index (χ2n) is 9.66. The smallest absolute Gasteiger partial charge is 0.393 e. The van der Waals surface area contributed by atoms with E-state index in [1.807, 2.05) is 0 Å². The Bertz CT molecular complexity index is 1170. The van der Waals surface area contributed by atoms with Gasteiger partial charge in [-0.1, -0.05) is 11.6 Å². The molecule has 2 aromatic rings. The van der Waals surface area contributed by atoms with Crippen LogP contribution in [-0.2, 0) is 11.0 Å². The van der Waals surface area contributed by atoms with Gasteiger partial charge in [0.2, 0.25) is 5.91 Å². The van der Waals surface area contributed by atoms with Gasteiger partial charge < -0.3 is 14.9 Å². The number of alkyl halides is 3. The maximum atomic E-state index is 13.7. The second-order valence-corrected chi connectivity index (χ2v) is 10.0. The van der Waals surface area contributed by atoms with Gasteiger partial charge in [0.1, 0.15) is 11.7 Å². The SMILES string of the molecule is O=C(c1nc2c(C(F)(F)F)cc(C3CC3)cn2c1Cl)N1CCN(C2C3CC(O)CC32)C(=O)C1. The van der Waals surface area contributed by atoms with Gasteiger partial charge in [0.25, 0.3) is 5.91 Å². The minimum Gasteiger partial charge on any atom is -0.393 e. The third-order valence-corrected chi connectivity index (χ3v) is 7.88. The van der Waals surface area contributed by atoms with Crippen molar-refractivity contribution in [3.63, 3.8) is 0 Å². The Morgan fingerprint density at radius 2 is 1.88 bits per heavy atom. The summed E-state index contributed by atoms with van der Waals surface area (Å²) in [6.07, 6.45) is -0.389. The summed E-state index contributed by atoms with van der Waals surface area (Å²) in [4.78, 5) is 33.0. The number of fused-ring (bicyclic) bond motifs is 2. The van der Waals surface area contributed by atoms with Crippen LogP contribution < -0.4 is 0 Å². The van der Waals surface area contributed by atoms with Gasteiger partial charge >= 0.3 is 6.18 Å². The lowest BCUT2D eigenvalue weighted by molar-refractivity contribution is -0.137. The number of nitrogens with zero attached hydrogens (tertiary/aromatic N) is 4. The highest BCUT2D eigenvalue weighted by molar-refractivity contribution is 6.33. The van der Waals surface area contributed by atoms with E-state index in [1.165, 1.54) is 11.1 Å². The first kappa shape index (κ1) is 21.2. The molecule has 2 aromatic heterocycles. The molecule has 1 N–H and O–H groups in total. The van der Waals surface area contributed by atoms with E-state index in [9.17, 15) is 27.9 Å². The van der Waals surface area contributed by atoms with Crippen LogP contribution in [-0.4, -0.2) is 67.9 Å². The van der Waals surface area contributed by atoms with Crippen molar-refractivity contribution in [2.45, 2.75) is 49.9 Å². The van der Waals surface area contributed by atoms with Gasteiger partial charge in [0.15, 0.2) is 11.3 Å². The predicted molar refractivity (Wildman–Crippen MR) is 111 cm³/mol. The number of halogens is 4. The Morgan fingerprint density at radius 1 is 1.18 bits per heavy atom. The van der Waals surface area contributed by atoms with Gasteiger partial charge in [-0.15, -0.1) is 0 Å². The molecule has 176 valence electrons. The summed E-state index contributed by atoms with van der Waals surface area (Å²) >= 11 is 6.36. The van der Waals surface area contributed by atoms with Crippen molar-refractivity contribution in [2.24, 2.45) is 11.8 Å². The minimum absolute atomic E-state index is 0.0573. The normalized spacial score (nSPS) is 29.7. The highest BCUT2D eigenvalue weighted by Gasteiger charge is 2.59. The molecule has 1 aliphatic heterocycles. The molecule has 0 bridgehead atoms. The topological polar surface area (TPSA) is 78.2 Å². The fraction of sp³-hybridized carbons (Fsp3) is 0.591. The van der Waals surface area contributed by atoms with E-state index in [0.717, 1.165) is 23.3 Å². The van der Waals surface area contributed by atoms with Crippen molar-refractivity contribution < 1.29 is 27.9 Å². The fourth-order valence-electron chi connectivity index (χ4n) is 5.69. The van der Waals surface area contributed by atoms with Gasteiger partial charge in [-0.05, 0) is 55.1 Å². The van der Waals surface area contributed by atoms with Crippen LogP contribution in [0.1, 0.15) is 53.2 Å². The summed E-state index contributed by atoms with van der Waals surface area (Å²) in [5, 5.41) is 9.53. The number of piperazine rings is 1. The molecule has 0 radical (unpaired) electrons. The van der Waals surface area contributed by atoms with Crippen molar-refractivity contribution in [2.75, 3.05) is 19.6 Å². The standard InChI is InChI=1S/C22H22ClF3N4O3/c23-19-17(27-20-15(22(24,25)26)5-11(8-30(19)20)10-1-2-10)21(33)28-3-4-29(16(32)9-28)18-13-6-12(31)7-14(13)18/h5,8,10,12-14,18,31H,1-4,6-7,9H2. The molecule has 6 rings (SSSR count). The molecular formula is C22H22ClF3N4O3. The van der Waals surface area contributed by atoms with Crippen LogP contribution in [0.2, 0.25) is 5.15 Å². The number of carbonyl (C=O) groups excluding carboxylic acids is 2. The maximum absolute atomic E-state index is 13.7. The van der Waals surface area contributed by atoms with Gasteiger partial charge in [-0.2, -0.15) is 13.2 Å². The molecule has 33 heavy (non-hydrogen) atoms. The summed E-state index contributed by atoms with van der Waals surface area (Å²) < 4.78 is 42.3. The quantitative estimate of drug-likeness (QED) is 0.729. The van der Waals surface area contributed by atoms with Crippen LogP contribution in [0.15, 0.2) is 12.3 Å². The molecule has 3 heterocycles. The van der Waals surface area contributed by atoms with Crippen LogP contribution >= 0.6 is 11.6 Å². The van der Waals surface area contributed by atoms with Crippen LogP contribution in [0, 0.1) is 11.8 Å². The van der Waals surface area contributed by atoms with Crippen molar-refractivity contribution >= 4 is 29.1 Å². The summed E-state index contributed by atoms with van der Waals surface area (Å²) in [5.74, 6) is -0.150. The number of aromatic nitrogens is 2. The number of amides is 2. The molecule has 3 saturated carbocycles. The van der Waals surface area contributed by atoms with E-state index >= 15 is 0 Å². The zero-order valence-electron chi connectivity index (χ0n) is 17.6. The Hall–Kier alpha value is -2.33. The van der Waals surface area contributed by atoms with Crippen LogP contribution in [0.4, 0.5) is 13.2 Å². The number of pyridine rings is 1. The number of imidazole rings is 1. The van der Waals surface area contributed by atoms with Crippen molar-refractivity contribution in [3.05, 3.63) is 34.2 Å². The zero-order valence-corrected chi connectivity index (χ0v) is 18.3. The van der Waals surface area contributed by atoms with Crippen LogP contribution in [0.3, 0.4) is 0 Å². The lowest BCUT2D eigenvalue weighted by Gasteiger charge is -2.35. The fourth-order valence-corrected chi connectivity index (χ4v) is 5.94. The summed E-state index contributed by atoms with van der Waals surface area (Å²) in [7, 11) is 0. The molecule has 0 spiro atoms. The Balaban J connectivity index is 1.26. The third kappa shape index (κ3) is 3.41. The van der Waals surface area contributed by atoms with E-state index in [2.05, 4.69) is 4.98 Å². The number of hydrogen-bond donors (Lipinski definition) is 1. The molecule has 4 aliphatic rings. The lowest BCUT2D eigenvalue weighted by Crippen LogP contribution is -2.53. The minimum atomic E-state index is -4.64. The van der Waals surface area contributed by atoms with Gasteiger partial charge in [-0.3, -0.25) is 14.0 Å². The van der Waals surface area contributed by atoms with E-state index in [-0.39, 0.29) is 47.9 Å². The molecule has 1 saturated heterocycles. The summed E-state index contributed by atoms with van der Waals surface area (Å²) in [6.45, 7) is 0.441. The summed E-state index contributed by atoms with van der Waals surface area (Å²) in [5.41, 5.74) is -1.08. The number of hydrogen-bond acceptors (Lipinski definition) is 4.